The Kier molecular flexibility index (Phi) is 1.30. The Labute approximate surface area is 43.1 Å². The standard InChI is InChI=1S/C5H10O2/c1-2-4(6)5-3-7-5/h4-6H,2-3H2,1H3/t4-,5+/m1/s1. The highest BCUT2D eigenvalue weighted by atomic mass is 16.6. The molecule has 1 aliphatic heterocycles. The summed E-state index contributed by atoms with van der Waals surface area (Å²) in [6.07, 6.45) is 0.773. The maximum atomic E-state index is 8.87. The number of hydrogen-bond donors (Lipinski definition) is 1. The number of hydrogen-bond acceptors (Lipinski definition) is 2. The molecule has 0 aromatic heterocycles. The molecule has 2 heteroatoms. The molecule has 1 rings (SSSR count). The van der Waals surface area contributed by atoms with Crippen LogP contribution in [0.15, 0.2) is 0 Å². The third kappa shape index (κ3) is 1.14. The molecule has 42 valence electrons. The monoisotopic (exact) mass is 102 g/mol. The number of rotatable bonds is 2. The van der Waals surface area contributed by atoms with E-state index in [2.05, 4.69) is 0 Å². The first-order valence-corrected chi connectivity index (χ1v) is 2.64. The first-order chi connectivity index (χ1) is 3.34. The second kappa shape index (κ2) is 1.80. The van der Waals surface area contributed by atoms with E-state index in [1.54, 1.807) is 0 Å². The summed E-state index contributed by atoms with van der Waals surface area (Å²) in [7, 11) is 0. The van der Waals surface area contributed by atoms with Crippen molar-refractivity contribution in [3.63, 3.8) is 0 Å². The molecule has 1 heterocycles. The zero-order valence-electron chi connectivity index (χ0n) is 4.42. The molecule has 7 heavy (non-hydrogen) atoms. The Morgan fingerprint density at radius 3 is 2.71 bits per heavy atom. The van der Waals surface area contributed by atoms with E-state index in [0.717, 1.165) is 13.0 Å². The molecule has 0 aliphatic carbocycles. The van der Waals surface area contributed by atoms with Gasteiger partial charge in [-0.25, -0.2) is 0 Å². The van der Waals surface area contributed by atoms with Gasteiger partial charge in [-0.05, 0) is 6.42 Å². The fraction of sp³-hybridized carbons (Fsp3) is 1.00. The van der Waals surface area contributed by atoms with Gasteiger partial charge in [0.15, 0.2) is 0 Å². The molecule has 0 spiro atoms. The molecule has 1 fully saturated rings. The Morgan fingerprint density at radius 2 is 2.57 bits per heavy atom. The van der Waals surface area contributed by atoms with Crippen LogP contribution >= 0.6 is 0 Å². The normalized spacial score (nSPS) is 32.6. The lowest BCUT2D eigenvalue weighted by molar-refractivity contribution is 0.131. The van der Waals surface area contributed by atoms with Crippen LogP contribution < -0.4 is 0 Å². The van der Waals surface area contributed by atoms with Gasteiger partial charge in [0, 0.05) is 0 Å². The predicted octanol–water partition coefficient (Wildman–Crippen LogP) is 0.156. The van der Waals surface area contributed by atoms with E-state index >= 15 is 0 Å². The number of aliphatic hydroxyl groups is 1. The molecule has 0 radical (unpaired) electrons. The summed E-state index contributed by atoms with van der Waals surface area (Å²) in [5.74, 6) is 0. The van der Waals surface area contributed by atoms with E-state index in [0.29, 0.717) is 0 Å². The zero-order chi connectivity index (χ0) is 5.28. The maximum Gasteiger partial charge on any atom is 0.107 e. The van der Waals surface area contributed by atoms with E-state index in [1.807, 2.05) is 6.92 Å². The van der Waals surface area contributed by atoms with Crippen molar-refractivity contribution in [1.82, 2.24) is 0 Å². The minimum atomic E-state index is -0.208. The van der Waals surface area contributed by atoms with Crippen molar-refractivity contribution in [1.29, 1.82) is 0 Å². The fourth-order valence-electron chi connectivity index (χ4n) is 0.541. The summed E-state index contributed by atoms with van der Waals surface area (Å²) in [5, 5.41) is 8.87. The van der Waals surface area contributed by atoms with Gasteiger partial charge in [0.2, 0.25) is 0 Å². The van der Waals surface area contributed by atoms with Crippen LogP contribution in [0, 0.1) is 0 Å². The molecule has 2 atom stereocenters. The average Bonchev–Trinajstić information content (AvgIpc) is 2.44. The van der Waals surface area contributed by atoms with Crippen molar-refractivity contribution in [2.75, 3.05) is 6.61 Å². The van der Waals surface area contributed by atoms with E-state index in [4.69, 9.17) is 9.84 Å². The SMILES string of the molecule is CC[C@@H](O)[C@@H]1CO1. The molecule has 0 aromatic carbocycles. The van der Waals surface area contributed by atoms with Crippen molar-refractivity contribution in [2.24, 2.45) is 0 Å². The topological polar surface area (TPSA) is 32.8 Å². The van der Waals surface area contributed by atoms with Gasteiger partial charge < -0.3 is 9.84 Å². The third-order valence-corrected chi connectivity index (χ3v) is 1.21. The van der Waals surface area contributed by atoms with E-state index in [9.17, 15) is 0 Å². The van der Waals surface area contributed by atoms with Gasteiger partial charge >= 0.3 is 0 Å². The summed E-state index contributed by atoms with van der Waals surface area (Å²) >= 11 is 0. The lowest BCUT2D eigenvalue weighted by Gasteiger charge is -1.98. The van der Waals surface area contributed by atoms with Crippen LogP contribution in [-0.2, 0) is 4.74 Å². The molecule has 0 unspecified atom stereocenters. The van der Waals surface area contributed by atoms with Crippen LogP contribution in [0.1, 0.15) is 13.3 Å². The van der Waals surface area contributed by atoms with Crippen molar-refractivity contribution in [2.45, 2.75) is 25.6 Å². The van der Waals surface area contributed by atoms with Gasteiger partial charge in [0.05, 0.1) is 12.7 Å². The van der Waals surface area contributed by atoms with Gasteiger partial charge in [0.1, 0.15) is 6.10 Å². The second-order valence-electron chi connectivity index (χ2n) is 1.85. The van der Waals surface area contributed by atoms with Crippen LogP contribution in [0.2, 0.25) is 0 Å². The quantitative estimate of drug-likeness (QED) is 0.503. The smallest absolute Gasteiger partial charge is 0.107 e. The fourth-order valence-corrected chi connectivity index (χ4v) is 0.541. The molecule has 2 nitrogen and oxygen atoms in total. The number of ether oxygens (including phenoxy) is 1. The highest BCUT2D eigenvalue weighted by Crippen LogP contribution is 2.15. The lowest BCUT2D eigenvalue weighted by Crippen LogP contribution is -2.11. The molecule has 0 amide bonds. The minimum Gasteiger partial charge on any atom is -0.390 e. The van der Waals surface area contributed by atoms with Crippen LogP contribution in [0.5, 0.6) is 0 Å². The summed E-state index contributed by atoms with van der Waals surface area (Å²) < 4.78 is 4.81. The molecule has 0 aromatic rings. The largest absolute Gasteiger partial charge is 0.390 e. The third-order valence-electron chi connectivity index (χ3n) is 1.21. The molecule has 1 N–H and O–H groups in total. The van der Waals surface area contributed by atoms with Gasteiger partial charge in [-0.3, -0.25) is 0 Å². The second-order valence-corrected chi connectivity index (χ2v) is 1.85. The predicted molar refractivity (Wildman–Crippen MR) is 26.0 cm³/mol. The van der Waals surface area contributed by atoms with Crippen LogP contribution in [-0.4, -0.2) is 23.9 Å². The van der Waals surface area contributed by atoms with Crippen LogP contribution in [0.3, 0.4) is 0 Å². The van der Waals surface area contributed by atoms with Crippen LogP contribution in [0.4, 0.5) is 0 Å². The van der Waals surface area contributed by atoms with Crippen molar-refractivity contribution in [3.05, 3.63) is 0 Å². The maximum absolute atomic E-state index is 8.87. The minimum absolute atomic E-state index is 0.171. The van der Waals surface area contributed by atoms with Crippen molar-refractivity contribution in [3.8, 4) is 0 Å². The molecular formula is C5H10O2. The summed E-state index contributed by atoms with van der Waals surface area (Å²) in [6.45, 7) is 2.71. The van der Waals surface area contributed by atoms with Gasteiger partial charge in [-0.2, -0.15) is 0 Å². The highest BCUT2D eigenvalue weighted by molar-refractivity contribution is 4.76. The molecule has 0 bridgehead atoms. The first-order valence-electron chi connectivity index (χ1n) is 2.64. The van der Waals surface area contributed by atoms with E-state index in [1.165, 1.54) is 0 Å². The average molecular weight is 102 g/mol. The van der Waals surface area contributed by atoms with Gasteiger partial charge in [-0.15, -0.1) is 0 Å². The lowest BCUT2D eigenvalue weighted by atomic mass is 10.2. The Morgan fingerprint density at radius 1 is 2.00 bits per heavy atom. The van der Waals surface area contributed by atoms with E-state index in [-0.39, 0.29) is 12.2 Å². The molecular weight excluding hydrogens is 92.1 g/mol. The molecule has 1 saturated heterocycles. The first kappa shape index (κ1) is 5.06. The van der Waals surface area contributed by atoms with Gasteiger partial charge in [0.25, 0.3) is 0 Å². The van der Waals surface area contributed by atoms with Gasteiger partial charge in [-0.1, -0.05) is 6.92 Å². The van der Waals surface area contributed by atoms with Crippen molar-refractivity contribution < 1.29 is 9.84 Å². The zero-order valence-corrected chi connectivity index (χ0v) is 4.42. The van der Waals surface area contributed by atoms with Crippen LogP contribution in [0.25, 0.3) is 0 Å². The highest BCUT2D eigenvalue weighted by Gasteiger charge is 2.29. The Balaban J connectivity index is 2.10. The molecule has 0 saturated carbocycles. The summed E-state index contributed by atoms with van der Waals surface area (Å²) in [6, 6.07) is 0. The summed E-state index contributed by atoms with van der Waals surface area (Å²) in [5.41, 5.74) is 0. The number of epoxide rings is 1. The van der Waals surface area contributed by atoms with Crippen molar-refractivity contribution >= 4 is 0 Å². The van der Waals surface area contributed by atoms with E-state index < -0.39 is 0 Å². The number of aliphatic hydroxyl groups excluding tert-OH is 1. The summed E-state index contributed by atoms with van der Waals surface area (Å²) in [4.78, 5) is 0. The Hall–Kier alpha value is -0.0800. The molecule has 1 aliphatic rings. The Bertz CT molecular complexity index is 59.1.